The van der Waals surface area contributed by atoms with Crippen LogP contribution in [0.1, 0.15) is 24.5 Å². The molecule has 1 atom stereocenters. The molecule has 1 aromatic heterocycles. The summed E-state index contributed by atoms with van der Waals surface area (Å²) in [5.74, 6) is 2.53. The fourth-order valence-electron chi connectivity index (χ4n) is 2.13. The largest absolute Gasteiger partial charge is 0.497 e. The van der Waals surface area contributed by atoms with Crippen molar-refractivity contribution in [1.29, 1.82) is 0 Å². The van der Waals surface area contributed by atoms with E-state index in [1.165, 1.54) is 5.56 Å². The van der Waals surface area contributed by atoms with Gasteiger partial charge in [0.15, 0.2) is 6.10 Å². The van der Waals surface area contributed by atoms with Gasteiger partial charge < -0.3 is 14.0 Å². The number of methoxy groups -OCH3 is 1. The van der Waals surface area contributed by atoms with Gasteiger partial charge in [-0.25, -0.2) is 0 Å². The Morgan fingerprint density at radius 1 is 0.957 bits per heavy atom. The van der Waals surface area contributed by atoms with Crippen molar-refractivity contribution in [3.8, 4) is 22.9 Å². The van der Waals surface area contributed by atoms with Crippen LogP contribution in [0.3, 0.4) is 0 Å². The highest BCUT2D eigenvalue weighted by Gasteiger charge is 2.16. The average molecular weight is 310 g/mol. The first kappa shape index (κ1) is 15.1. The maximum absolute atomic E-state index is 5.82. The molecular weight excluding hydrogens is 292 g/mol. The lowest BCUT2D eigenvalue weighted by Crippen LogP contribution is -2.03. The average Bonchev–Trinajstić information content (AvgIpc) is 3.07. The first-order chi connectivity index (χ1) is 11.2. The van der Waals surface area contributed by atoms with Crippen LogP contribution in [-0.2, 0) is 0 Å². The van der Waals surface area contributed by atoms with Crippen LogP contribution >= 0.6 is 0 Å². The van der Waals surface area contributed by atoms with Crippen molar-refractivity contribution >= 4 is 0 Å². The zero-order valence-corrected chi connectivity index (χ0v) is 13.3. The molecule has 3 aromatic rings. The van der Waals surface area contributed by atoms with Crippen LogP contribution < -0.4 is 9.47 Å². The molecule has 2 aromatic carbocycles. The second kappa shape index (κ2) is 6.52. The van der Waals surface area contributed by atoms with Crippen molar-refractivity contribution in [2.45, 2.75) is 20.0 Å². The Hall–Kier alpha value is -2.82. The van der Waals surface area contributed by atoms with Crippen molar-refractivity contribution < 1.29 is 14.0 Å². The highest BCUT2D eigenvalue weighted by molar-refractivity contribution is 5.55. The lowest BCUT2D eigenvalue weighted by Gasteiger charge is -2.10. The van der Waals surface area contributed by atoms with Crippen molar-refractivity contribution in [3.63, 3.8) is 0 Å². The predicted molar refractivity (Wildman–Crippen MR) is 86.5 cm³/mol. The summed E-state index contributed by atoms with van der Waals surface area (Å²) >= 11 is 0. The second-order valence-corrected chi connectivity index (χ2v) is 5.26. The highest BCUT2D eigenvalue weighted by atomic mass is 16.5. The first-order valence-electron chi connectivity index (χ1n) is 7.37. The summed E-state index contributed by atoms with van der Waals surface area (Å²) in [4.78, 5) is 4.41. The molecule has 3 rings (SSSR count). The first-order valence-corrected chi connectivity index (χ1v) is 7.37. The Bertz CT molecular complexity index is 764. The van der Waals surface area contributed by atoms with Crippen LogP contribution in [0.25, 0.3) is 11.4 Å². The SMILES string of the molecule is COc1ccc(-c2noc(C(C)Oc3ccc(C)cc3)n2)cc1. The van der Waals surface area contributed by atoms with Gasteiger partial charge in [0.1, 0.15) is 11.5 Å². The minimum Gasteiger partial charge on any atom is -0.497 e. The van der Waals surface area contributed by atoms with Gasteiger partial charge in [-0.15, -0.1) is 0 Å². The quantitative estimate of drug-likeness (QED) is 0.707. The minimum atomic E-state index is -0.322. The van der Waals surface area contributed by atoms with Crippen LogP contribution in [0.15, 0.2) is 53.1 Å². The number of benzene rings is 2. The molecule has 1 heterocycles. The molecule has 0 aliphatic carbocycles. The van der Waals surface area contributed by atoms with E-state index in [0.29, 0.717) is 11.7 Å². The zero-order valence-electron chi connectivity index (χ0n) is 13.3. The van der Waals surface area contributed by atoms with Gasteiger partial charge in [-0.2, -0.15) is 4.98 Å². The Morgan fingerprint density at radius 2 is 1.61 bits per heavy atom. The van der Waals surface area contributed by atoms with Crippen molar-refractivity contribution in [2.24, 2.45) is 0 Å². The Labute approximate surface area is 134 Å². The number of aryl methyl sites for hydroxylation is 1. The van der Waals surface area contributed by atoms with Crippen molar-refractivity contribution in [2.75, 3.05) is 7.11 Å². The molecule has 0 radical (unpaired) electrons. The Balaban J connectivity index is 1.73. The van der Waals surface area contributed by atoms with Crippen molar-refractivity contribution in [1.82, 2.24) is 10.1 Å². The third-order valence-electron chi connectivity index (χ3n) is 3.47. The number of aromatic nitrogens is 2. The Kier molecular flexibility index (Phi) is 4.28. The van der Waals surface area contributed by atoms with E-state index in [1.54, 1.807) is 7.11 Å². The fourth-order valence-corrected chi connectivity index (χ4v) is 2.13. The molecule has 5 nitrogen and oxygen atoms in total. The maximum Gasteiger partial charge on any atom is 0.267 e. The van der Waals surface area contributed by atoms with Crippen molar-refractivity contribution in [3.05, 3.63) is 60.0 Å². The number of nitrogens with zero attached hydrogens (tertiary/aromatic N) is 2. The molecule has 0 saturated heterocycles. The molecule has 0 spiro atoms. The van der Waals surface area contributed by atoms with E-state index in [2.05, 4.69) is 10.1 Å². The minimum absolute atomic E-state index is 0.322. The number of ether oxygens (including phenoxy) is 2. The van der Waals surface area contributed by atoms with Gasteiger partial charge in [-0.05, 0) is 50.2 Å². The van der Waals surface area contributed by atoms with E-state index in [0.717, 1.165) is 17.1 Å². The standard InChI is InChI=1S/C18H18N2O3/c1-12-4-8-16(9-5-12)22-13(2)18-19-17(20-23-18)14-6-10-15(21-3)11-7-14/h4-11,13H,1-3H3. The summed E-state index contributed by atoms with van der Waals surface area (Å²) in [6.07, 6.45) is -0.322. The number of hydrogen-bond donors (Lipinski definition) is 0. The van der Waals surface area contributed by atoms with Crippen LogP contribution in [0.4, 0.5) is 0 Å². The molecule has 0 saturated carbocycles. The molecule has 0 aliphatic heterocycles. The molecule has 0 aliphatic rings. The molecule has 118 valence electrons. The molecule has 5 heteroatoms. The van der Waals surface area contributed by atoms with Crippen LogP contribution in [-0.4, -0.2) is 17.3 Å². The highest BCUT2D eigenvalue weighted by Crippen LogP contribution is 2.24. The fraction of sp³-hybridized carbons (Fsp3) is 0.222. The van der Waals surface area contributed by atoms with Gasteiger partial charge in [-0.1, -0.05) is 22.9 Å². The zero-order chi connectivity index (χ0) is 16.2. The summed E-state index contributed by atoms with van der Waals surface area (Å²) in [6, 6.07) is 15.3. The van der Waals surface area contributed by atoms with E-state index in [9.17, 15) is 0 Å². The third kappa shape index (κ3) is 3.51. The maximum atomic E-state index is 5.82. The van der Waals surface area contributed by atoms with E-state index in [1.807, 2.05) is 62.4 Å². The normalized spacial score (nSPS) is 12.0. The van der Waals surface area contributed by atoms with Gasteiger partial charge in [-0.3, -0.25) is 0 Å². The van der Waals surface area contributed by atoms with Gasteiger partial charge in [0.25, 0.3) is 5.89 Å². The lowest BCUT2D eigenvalue weighted by molar-refractivity contribution is 0.176. The number of hydrogen-bond acceptors (Lipinski definition) is 5. The molecule has 0 bridgehead atoms. The molecule has 0 fully saturated rings. The van der Waals surface area contributed by atoms with Gasteiger partial charge in [0.2, 0.25) is 5.82 Å². The lowest BCUT2D eigenvalue weighted by atomic mass is 10.2. The third-order valence-corrected chi connectivity index (χ3v) is 3.47. The Morgan fingerprint density at radius 3 is 2.26 bits per heavy atom. The molecule has 0 amide bonds. The topological polar surface area (TPSA) is 57.4 Å². The van der Waals surface area contributed by atoms with Gasteiger partial charge in [0.05, 0.1) is 7.11 Å². The molecular formula is C18H18N2O3. The molecule has 0 N–H and O–H groups in total. The summed E-state index contributed by atoms with van der Waals surface area (Å²) in [6.45, 7) is 3.91. The summed E-state index contributed by atoms with van der Waals surface area (Å²) in [7, 11) is 1.63. The number of rotatable bonds is 5. The second-order valence-electron chi connectivity index (χ2n) is 5.26. The summed E-state index contributed by atoms with van der Waals surface area (Å²) in [5, 5.41) is 4.01. The van der Waals surface area contributed by atoms with E-state index >= 15 is 0 Å². The van der Waals surface area contributed by atoms with Crippen LogP contribution in [0, 0.1) is 6.92 Å². The van der Waals surface area contributed by atoms with Crippen LogP contribution in [0.5, 0.6) is 11.5 Å². The van der Waals surface area contributed by atoms with E-state index < -0.39 is 0 Å². The monoisotopic (exact) mass is 310 g/mol. The summed E-state index contributed by atoms with van der Waals surface area (Å²) < 4.78 is 16.3. The van der Waals surface area contributed by atoms with E-state index in [-0.39, 0.29) is 6.10 Å². The van der Waals surface area contributed by atoms with Gasteiger partial charge >= 0.3 is 0 Å². The molecule has 23 heavy (non-hydrogen) atoms. The van der Waals surface area contributed by atoms with Crippen LogP contribution in [0.2, 0.25) is 0 Å². The molecule has 1 unspecified atom stereocenters. The predicted octanol–water partition coefficient (Wildman–Crippen LogP) is 4.19. The van der Waals surface area contributed by atoms with Gasteiger partial charge in [0, 0.05) is 5.56 Å². The summed E-state index contributed by atoms with van der Waals surface area (Å²) in [5.41, 5.74) is 2.05. The smallest absolute Gasteiger partial charge is 0.267 e. The van der Waals surface area contributed by atoms with E-state index in [4.69, 9.17) is 14.0 Å².